The molecule has 0 aliphatic heterocycles. The van der Waals surface area contributed by atoms with Crippen molar-refractivity contribution in [3.8, 4) is 6.07 Å². The lowest BCUT2D eigenvalue weighted by molar-refractivity contribution is -0.137. The van der Waals surface area contributed by atoms with Gasteiger partial charge in [0.05, 0.1) is 28.9 Å². The number of thioether (sulfide) groups is 1. The number of benzene rings is 2. The maximum absolute atomic E-state index is 13.1. The highest BCUT2D eigenvalue weighted by molar-refractivity contribution is 7.99. The minimum Gasteiger partial charge on any atom is -0.401 e. The third-order valence-corrected chi connectivity index (χ3v) is 5.32. The molecule has 0 atom stereocenters. The zero-order valence-electron chi connectivity index (χ0n) is 15.9. The Labute approximate surface area is 175 Å². The molecule has 0 aliphatic carbocycles. The number of ketones is 1. The number of imidazole rings is 1. The Morgan fingerprint density at radius 3 is 2.53 bits per heavy atom. The predicted molar refractivity (Wildman–Crippen MR) is 109 cm³/mol. The average Bonchev–Trinajstić information content (AvgIpc) is 3.03. The molecule has 2 N–H and O–H groups in total. The van der Waals surface area contributed by atoms with E-state index in [9.17, 15) is 18.0 Å². The molecule has 0 radical (unpaired) electrons. The number of nitrogens with two attached hydrogens (primary N) is 1. The van der Waals surface area contributed by atoms with Gasteiger partial charge in [-0.05, 0) is 30.7 Å². The molecule has 30 heavy (non-hydrogen) atoms. The summed E-state index contributed by atoms with van der Waals surface area (Å²) >= 11 is 1.05. The summed E-state index contributed by atoms with van der Waals surface area (Å²) in [5, 5.41) is 9.47. The Bertz CT molecular complexity index is 1160. The predicted octanol–water partition coefficient (Wildman–Crippen LogP) is 4.52. The van der Waals surface area contributed by atoms with Gasteiger partial charge in [-0.2, -0.15) is 18.4 Å². The molecule has 0 spiro atoms. The Morgan fingerprint density at radius 2 is 1.93 bits per heavy atom. The van der Waals surface area contributed by atoms with Crippen LogP contribution in [0.5, 0.6) is 0 Å². The van der Waals surface area contributed by atoms with E-state index in [4.69, 9.17) is 11.0 Å². The molecule has 2 aromatic carbocycles. The molecule has 0 saturated heterocycles. The van der Waals surface area contributed by atoms with Crippen molar-refractivity contribution >= 4 is 28.6 Å². The van der Waals surface area contributed by atoms with Crippen LogP contribution in [0, 0.1) is 11.3 Å². The zero-order chi connectivity index (χ0) is 21.9. The number of nitrogens with zero attached hydrogens (tertiary/aromatic N) is 3. The molecular formula is C21H17F3N4OS. The molecule has 0 bridgehead atoms. The number of carbonyl (C=O) groups is 1. The molecule has 1 heterocycles. The van der Waals surface area contributed by atoms with Crippen molar-refractivity contribution in [2.45, 2.75) is 24.8 Å². The number of fused-ring (bicyclic) bond motifs is 1. The Kier molecular flexibility index (Phi) is 6.17. The third kappa shape index (κ3) is 4.66. The van der Waals surface area contributed by atoms with Gasteiger partial charge in [-0.15, -0.1) is 0 Å². The van der Waals surface area contributed by atoms with E-state index >= 15 is 0 Å². The average molecular weight is 430 g/mol. The lowest BCUT2D eigenvalue weighted by atomic mass is 10.2. The van der Waals surface area contributed by atoms with Crippen LogP contribution >= 0.6 is 11.8 Å². The number of halogens is 3. The number of hydrogen-bond donors (Lipinski definition) is 1. The summed E-state index contributed by atoms with van der Waals surface area (Å²) in [4.78, 5) is 16.6. The van der Waals surface area contributed by atoms with Crippen LogP contribution in [0.25, 0.3) is 11.0 Å². The summed E-state index contributed by atoms with van der Waals surface area (Å²) in [6, 6.07) is 14.5. The van der Waals surface area contributed by atoms with Gasteiger partial charge in [0, 0.05) is 5.70 Å². The monoisotopic (exact) mass is 430 g/mol. The topological polar surface area (TPSA) is 84.7 Å². The highest BCUT2D eigenvalue weighted by atomic mass is 32.2. The molecule has 0 unspecified atom stereocenters. The summed E-state index contributed by atoms with van der Waals surface area (Å²) in [6.45, 7) is 1.83. The number of nitriles is 1. The number of rotatable bonds is 6. The first kappa shape index (κ1) is 21.5. The van der Waals surface area contributed by atoms with E-state index < -0.39 is 17.5 Å². The van der Waals surface area contributed by atoms with Gasteiger partial charge in [0.1, 0.15) is 11.6 Å². The van der Waals surface area contributed by atoms with Crippen molar-refractivity contribution in [1.82, 2.24) is 9.55 Å². The lowest BCUT2D eigenvalue weighted by Crippen LogP contribution is -2.11. The van der Waals surface area contributed by atoms with Crippen molar-refractivity contribution in [2.75, 3.05) is 5.75 Å². The normalized spacial score (nSPS) is 12.5. The van der Waals surface area contributed by atoms with Crippen LogP contribution in [-0.2, 0) is 17.5 Å². The second-order valence-corrected chi connectivity index (χ2v) is 7.49. The molecular weight excluding hydrogens is 413 g/mol. The molecule has 3 rings (SSSR count). The Morgan fingerprint density at radius 1 is 1.23 bits per heavy atom. The summed E-state index contributed by atoms with van der Waals surface area (Å²) in [5.74, 6) is -0.571. The van der Waals surface area contributed by atoms with Gasteiger partial charge in [-0.1, -0.05) is 42.1 Å². The first-order valence-corrected chi connectivity index (χ1v) is 9.83. The summed E-state index contributed by atoms with van der Waals surface area (Å²) in [7, 11) is 0. The summed E-state index contributed by atoms with van der Waals surface area (Å²) in [6.07, 6.45) is -4.48. The van der Waals surface area contributed by atoms with E-state index in [1.165, 1.54) is 13.0 Å². The van der Waals surface area contributed by atoms with Gasteiger partial charge in [0.2, 0.25) is 0 Å². The highest BCUT2D eigenvalue weighted by Gasteiger charge is 2.31. The van der Waals surface area contributed by atoms with E-state index in [0.717, 1.165) is 29.5 Å². The number of aromatic nitrogens is 2. The van der Waals surface area contributed by atoms with Gasteiger partial charge >= 0.3 is 6.18 Å². The maximum atomic E-state index is 13.1. The van der Waals surface area contributed by atoms with Crippen LogP contribution in [0.1, 0.15) is 18.1 Å². The third-order valence-electron chi connectivity index (χ3n) is 4.34. The molecule has 9 heteroatoms. The number of carbonyl (C=O) groups excluding carboxylic acids is 1. The van der Waals surface area contributed by atoms with Crippen LogP contribution in [0.15, 0.2) is 65.0 Å². The first-order chi connectivity index (χ1) is 14.2. The number of hydrogen-bond acceptors (Lipinski definition) is 5. The van der Waals surface area contributed by atoms with Crippen LogP contribution in [0.3, 0.4) is 0 Å². The summed E-state index contributed by atoms with van der Waals surface area (Å²) in [5.41, 5.74) is 6.40. The highest BCUT2D eigenvalue weighted by Crippen LogP contribution is 2.33. The van der Waals surface area contributed by atoms with Gasteiger partial charge < -0.3 is 10.3 Å². The van der Waals surface area contributed by atoms with E-state index in [1.807, 2.05) is 30.3 Å². The SMILES string of the molecule is C/C(N)=C(/C#N)C(=O)CSc1nc2cc(C(F)(F)F)ccc2n1Cc1ccccc1. The molecule has 0 fully saturated rings. The van der Waals surface area contributed by atoms with Gasteiger partial charge in [0.25, 0.3) is 0 Å². The fourth-order valence-corrected chi connectivity index (χ4v) is 3.77. The number of allylic oxidation sites excluding steroid dienone is 2. The largest absolute Gasteiger partial charge is 0.416 e. The van der Waals surface area contributed by atoms with E-state index in [2.05, 4.69) is 4.98 Å². The van der Waals surface area contributed by atoms with Crippen molar-refractivity contribution in [2.24, 2.45) is 5.73 Å². The molecule has 0 aliphatic rings. The summed E-state index contributed by atoms with van der Waals surface area (Å²) < 4.78 is 41.0. The first-order valence-electron chi connectivity index (χ1n) is 8.84. The number of alkyl halides is 3. The van der Waals surface area contributed by atoms with Crippen LogP contribution in [0.4, 0.5) is 13.2 Å². The van der Waals surface area contributed by atoms with Gasteiger partial charge in [-0.3, -0.25) is 4.79 Å². The van der Waals surface area contributed by atoms with E-state index in [0.29, 0.717) is 17.2 Å². The van der Waals surface area contributed by atoms with Crippen molar-refractivity contribution in [3.05, 3.63) is 70.9 Å². The molecule has 5 nitrogen and oxygen atoms in total. The molecule has 0 amide bonds. The van der Waals surface area contributed by atoms with Crippen LogP contribution in [-0.4, -0.2) is 21.1 Å². The van der Waals surface area contributed by atoms with Gasteiger partial charge in [0.15, 0.2) is 10.9 Å². The lowest BCUT2D eigenvalue weighted by Gasteiger charge is -2.10. The standard InChI is InChI=1S/C21H17F3N4OS/c1-13(26)16(10-25)19(29)12-30-20-27-17-9-15(21(22,23)24)7-8-18(17)28(20)11-14-5-3-2-4-6-14/h2-9H,11-12,26H2,1H3/b16-13+. The molecule has 1 aromatic heterocycles. The quantitative estimate of drug-likeness (QED) is 0.353. The second-order valence-electron chi connectivity index (χ2n) is 6.55. The van der Waals surface area contributed by atoms with Crippen molar-refractivity contribution in [3.63, 3.8) is 0 Å². The van der Waals surface area contributed by atoms with E-state index in [-0.39, 0.29) is 22.5 Å². The second kappa shape index (κ2) is 8.63. The maximum Gasteiger partial charge on any atom is 0.416 e. The fourth-order valence-electron chi connectivity index (χ4n) is 2.89. The van der Waals surface area contributed by atoms with Gasteiger partial charge in [-0.25, -0.2) is 4.98 Å². The van der Waals surface area contributed by atoms with Crippen molar-refractivity contribution in [1.29, 1.82) is 5.26 Å². The molecule has 3 aromatic rings. The smallest absolute Gasteiger partial charge is 0.401 e. The van der Waals surface area contributed by atoms with E-state index in [1.54, 1.807) is 10.6 Å². The fraction of sp³-hybridized carbons (Fsp3) is 0.190. The minimum atomic E-state index is -4.48. The Balaban J connectivity index is 2.00. The molecule has 154 valence electrons. The van der Waals surface area contributed by atoms with Crippen LogP contribution in [0.2, 0.25) is 0 Å². The molecule has 0 saturated carbocycles. The Hall–Kier alpha value is -3.25. The number of Topliss-reactive ketones (excluding diaryl/α,β-unsaturated/α-hetero) is 1. The zero-order valence-corrected chi connectivity index (χ0v) is 16.7. The minimum absolute atomic E-state index is 0.109. The van der Waals surface area contributed by atoms with Crippen LogP contribution < -0.4 is 5.73 Å². The van der Waals surface area contributed by atoms with Crippen molar-refractivity contribution < 1.29 is 18.0 Å².